The molecule has 0 radical (unpaired) electrons. The van der Waals surface area contributed by atoms with E-state index in [1.54, 1.807) is 0 Å². The maximum atomic E-state index is 12.8. The molecule has 0 saturated heterocycles. The fraction of sp³-hybridized carbons (Fsp3) is 0.0769. The van der Waals surface area contributed by atoms with Gasteiger partial charge in [0.15, 0.2) is 0 Å². The van der Waals surface area contributed by atoms with Crippen LogP contribution in [0.25, 0.3) is 0 Å². The van der Waals surface area contributed by atoms with Crippen LogP contribution in [0.3, 0.4) is 0 Å². The highest BCUT2D eigenvalue weighted by atomic mass is 79.9. The van der Waals surface area contributed by atoms with Crippen LogP contribution in [0.15, 0.2) is 41.1 Å². The minimum absolute atomic E-state index is 0.0201. The number of hydrogen-bond acceptors (Lipinski definition) is 3. The summed E-state index contributed by atoms with van der Waals surface area (Å²) in [7, 11) is 0. The molecule has 0 aliphatic heterocycles. The zero-order chi connectivity index (χ0) is 15.6. The first-order valence-electron chi connectivity index (χ1n) is 5.66. The first-order chi connectivity index (χ1) is 9.79. The molecule has 0 fully saturated rings. The summed E-state index contributed by atoms with van der Waals surface area (Å²) < 4.78 is 38.2. The molecule has 0 unspecified atom stereocenters. The van der Waals surface area contributed by atoms with E-state index >= 15 is 0 Å². The van der Waals surface area contributed by atoms with Crippen molar-refractivity contribution in [2.75, 3.05) is 11.1 Å². The Morgan fingerprint density at radius 1 is 1.29 bits per heavy atom. The number of pyridine rings is 1. The standard InChI is InChI=1S/C13H9BrF3N3O/c14-10-2-1-7(5-9(10)13(15,16)17)20-12(21)8-3-4-19-6-11(8)18/h1-6H,18H2,(H,20,21). The number of anilines is 2. The number of hydrogen-bond donors (Lipinski definition) is 2. The molecule has 4 nitrogen and oxygen atoms in total. The summed E-state index contributed by atoms with van der Waals surface area (Å²) in [6.45, 7) is 0. The SMILES string of the molecule is Nc1cnccc1C(=O)Nc1ccc(Br)c(C(F)(F)F)c1. The number of nitrogen functional groups attached to an aromatic ring is 1. The number of amides is 1. The van der Waals surface area contributed by atoms with Crippen LogP contribution in [0.4, 0.5) is 24.5 Å². The first kappa shape index (κ1) is 15.3. The lowest BCUT2D eigenvalue weighted by Crippen LogP contribution is -2.15. The maximum Gasteiger partial charge on any atom is 0.417 e. The van der Waals surface area contributed by atoms with Gasteiger partial charge in [-0.2, -0.15) is 13.2 Å². The number of aromatic nitrogens is 1. The number of nitrogens with two attached hydrogens (primary N) is 1. The fourth-order valence-electron chi connectivity index (χ4n) is 1.63. The monoisotopic (exact) mass is 359 g/mol. The third kappa shape index (κ3) is 3.52. The van der Waals surface area contributed by atoms with Gasteiger partial charge in [-0.1, -0.05) is 15.9 Å². The van der Waals surface area contributed by atoms with Crippen molar-refractivity contribution >= 4 is 33.2 Å². The molecule has 1 heterocycles. The molecule has 0 saturated carbocycles. The summed E-state index contributed by atoms with van der Waals surface area (Å²) >= 11 is 2.83. The van der Waals surface area contributed by atoms with Crippen molar-refractivity contribution < 1.29 is 18.0 Å². The van der Waals surface area contributed by atoms with Gasteiger partial charge in [0, 0.05) is 16.4 Å². The number of benzene rings is 1. The Bertz CT molecular complexity index is 689. The summed E-state index contributed by atoms with van der Waals surface area (Å²) in [4.78, 5) is 15.7. The van der Waals surface area contributed by atoms with Gasteiger partial charge in [0.1, 0.15) is 0 Å². The van der Waals surface area contributed by atoms with E-state index in [1.165, 1.54) is 30.6 Å². The number of nitrogens with one attached hydrogen (secondary N) is 1. The van der Waals surface area contributed by atoms with E-state index < -0.39 is 17.6 Å². The van der Waals surface area contributed by atoms with Crippen LogP contribution in [0, 0.1) is 0 Å². The molecular formula is C13H9BrF3N3O. The highest BCUT2D eigenvalue weighted by Gasteiger charge is 2.33. The minimum Gasteiger partial charge on any atom is -0.397 e. The zero-order valence-electron chi connectivity index (χ0n) is 10.4. The molecule has 0 atom stereocenters. The number of rotatable bonds is 2. The van der Waals surface area contributed by atoms with E-state index in [1.807, 2.05) is 0 Å². The average molecular weight is 360 g/mol. The highest BCUT2D eigenvalue weighted by molar-refractivity contribution is 9.10. The normalized spacial score (nSPS) is 11.2. The van der Waals surface area contributed by atoms with Crippen LogP contribution in [0.5, 0.6) is 0 Å². The van der Waals surface area contributed by atoms with Gasteiger partial charge in [-0.25, -0.2) is 0 Å². The van der Waals surface area contributed by atoms with Crippen molar-refractivity contribution in [3.05, 3.63) is 52.3 Å². The molecule has 1 aromatic heterocycles. The predicted molar refractivity (Wildman–Crippen MR) is 75.7 cm³/mol. The summed E-state index contributed by atoms with van der Waals surface area (Å²) in [5.74, 6) is -0.606. The molecule has 0 bridgehead atoms. The summed E-state index contributed by atoms with van der Waals surface area (Å²) in [6, 6.07) is 4.80. The van der Waals surface area contributed by atoms with Crippen LogP contribution < -0.4 is 11.1 Å². The topological polar surface area (TPSA) is 68.0 Å². The third-order valence-electron chi connectivity index (χ3n) is 2.63. The van der Waals surface area contributed by atoms with E-state index in [2.05, 4.69) is 26.2 Å². The van der Waals surface area contributed by atoms with Crippen molar-refractivity contribution in [2.24, 2.45) is 0 Å². The van der Waals surface area contributed by atoms with Crippen molar-refractivity contribution in [2.45, 2.75) is 6.18 Å². The summed E-state index contributed by atoms with van der Waals surface area (Å²) in [5.41, 5.74) is 5.02. The minimum atomic E-state index is -4.52. The Hall–Kier alpha value is -2.09. The Morgan fingerprint density at radius 3 is 2.62 bits per heavy atom. The molecule has 2 aromatic rings. The maximum absolute atomic E-state index is 12.8. The van der Waals surface area contributed by atoms with Gasteiger partial charge in [-0.15, -0.1) is 0 Å². The molecule has 21 heavy (non-hydrogen) atoms. The fourth-order valence-corrected chi connectivity index (χ4v) is 2.10. The van der Waals surface area contributed by atoms with Crippen molar-refractivity contribution in [3.8, 4) is 0 Å². The molecular weight excluding hydrogens is 351 g/mol. The number of alkyl halides is 3. The molecule has 0 aliphatic carbocycles. The molecule has 2 rings (SSSR count). The zero-order valence-corrected chi connectivity index (χ0v) is 12.0. The molecule has 110 valence electrons. The molecule has 0 spiro atoms. The second-order valence-electron chi connectivity index (χ2n) is 4.11. The van der Waals surface area contributed by atoms with Gasteiger partial charge >= 0.3 is 6.18 Å². The van der Waals surface area contributed by atoms with Crippen LogP contribution in [0.2, 0.25) is 0 Å². The van der Waals surface area contributed by atoms with E-state index in [-0.39, 0.29) is 21.4 Å². The lowest BCUT2D eigenvalue weighted by atomic mass is 10.1. The second-order valence-corrected chi connectivity index (χ2v) is 4.96. The van der Waals surface area contributed by atoms with Gasteiger partial charge in [-0.3, -0.25) is 9.78 Å². The highest BCUT2D eigenvalue weighted by Crippen LogP contribution is 2.36. The van der Waals surface area contributed by atoms with Gasteiger partial charge in [0.25, 0.3) is 5.91 Å². The van der Waals surface area contributed by atoms with Crippen molar-refractivity contribution in [1.29, 1.82) is 0 Å². The number of halogens is 4. The molecule has 3 N–H and O–H groups in total. The molecule has 8 heteroatoms. The third-order valence-corrected chi connectivity index (χ3v) is 3.32. The average Bonchev–Trinajstić information content (AvgIpc) is 2.40. The van der Waals surface area contributed by atoms with Crippen LogP contribution in [-0.2, 0) is 6.18 Å². The Morgan fingerprint density at radius 2 is 2.00 bits per heavy atom. The smallest absolute Gasteiger partial charge is 0.397 e. The Labute approximate surface area is 126 Å². The Balaban J connectivity index is 2.29. The largest absolute Gasteiger partial charge is 0.417 e. The van der Waals surface area contributed by atoms with E-state index in [0.29, 0.717) is 0 Å². The Kier molecular flexibility index (Phi) is 4.17. The number of nitrogens with zero attached hydrogens (tertiary/aromatic N) is 1. The van der Waals surface area contributed by atoms with Crippen LogP contribution in [0.1, 0.15) is 15.9 Å². The van der Waals surface area contributed by atoms with Crippen molar-refractivity contribution in [3.63, 3.8) is 0 Å². The first-order valence-corrected chi connectivity index (χ1v) is 6.46. The van der Waals surface area contributed by atoms with Crippen LogP contribution >= 0.6 is 15.9 Å². The van der Waals surface area contributed by atoms with Gasteiger partial charge < -0.3 is 11.1 Å². The number of carbonyl (C=O) groups is 1. The van der Waals surface area contributed by atoms with E-state index in [4.69, 9.17) is 5.73 Å². The lowest BCUT2D eigenvalue weighted by molar-refractivity contribution is -0.138. The van der Waals surface area contributed by atoms with Gasteiger partial charge in [0.2, 0.25) is 0 Å². The number of carbonyl (C=O) groups excluding carboxylic acids is 1. The molecule has 0 aliphatic rings. The quantitative estimate of drug-likeness (QED) is 0.858. The predicted octanol–water partition coefficient (Wildman–Crippen LogP) is 3.70. The van der Waals surface area contributed by atoms with Crippen molar-refractivity contribution in [1.82, 2.24) is 4.98 Å². The van der Waals surface area contributed by atoms with E-state index in [9.17, 15) is 18.0 Å². The lowest BCUT2D eigenvalue weighted by Gasteiger charge is -2.12. The van der Waals surface area contributed by atoms with Gasteiger partial charge in [-0.05, 0) is 24.3 Å². The second kappa shape index (κ2) is 5.72. The molecule has 1 aromatic carbocycles. The summed E-state index contributed by atoms with van der Waals surface area (Å²) in [6.07, 6.45) is -1.86. The molecule has 1 amide bonds. The van der Waals surface area contributed by atoms with Crippen LogP contribution in [-0.4, -0.2) is 10.9 Å². The summed E-state index contributed by atoms with van der Waals surface area (Å²) in [5, 5.41) is 2.37. The van der Waals surface area contributed by atoms with Gasteiger partial charge in [0.05, 0.1) is 23.0 Å². The van der Waals surface area contributed by atoms with E-state index in [0.717, 1.165) is 6.07 Å².